The molecular weight excluding hydrogens is 256 g/mol. The van der Waals surface area contributed by atoms with Gasteiger partial charge in [0.2, 0.25) is 0 Å². The van der Waals surface area contributed by atoms with Crippen molar-refractivity contribution in [3.63, 3.8) is 0 Å². The molecule has 0 aliphatic rings. The second-order valence-corrected chi connectivity index (χ2v) is 5.03. The van der Waals surface area contributed by atoms with Crippen molar-refractivity contribution in [3.05, 3.63) is 83.1 Å². The second-order valence-electron chi connectivity index (χ2n) is 5.03. The zero-order valence-corrected chi connectivity index (χ0v) is 13.0. The first-order chi connectivity index (χ1) is 10.2. The quantitative estimate of drug-likeness (QED) is 0.404. The highest BCUT2D eigenvalue weighted by atomic mass is 16.5. The first kappa shape index (κ1) is 15.1. The lowest BCUT2D eigenvalue weighted by Gasteiger charge is -2.08. The van der Waals surface area contributed by atoms with Crippen LogP contribution in [0.5, 0.6) is 0 Å². The van der Waals surface area contributed by atoms with Gasteiger partial charge >= 0.3 is 0 Å². The predicted molar refractivity (Wildman–Crippen MR) is 91.0 cm³/mol. The Kier molecular flexibility index (Phi) is 5.39. The molecule has 0 radical (unpaired) electrons. The third kappa shape index (κ3) is 4.09. The van der Waals surface area contributed by atoms with Crippen LogP contribution >= 0.6 is 0 Å². The van der Waals surface area contributed by atoms with Crippen molar-refractivity contribution in [2.75, 3.05) is 6.61 Å². The summed E-state index contributed by atoms with van der Waals surface area (Å²) in [5.74, 6) is 0. The minimum atomic E-state index is 0.682. The Labute approximate surface area is 127 Å². The molecule has 0 heterocycles. The highest BCUT2D eigenvalue weighted by molar-refractivity contribution is 5.88. The van der Waals surface area contributed by atoms with E-state index in [1.807, 2.05) is 13.0 Å². The molecule has 0 unspecified atom stereocenters. The topological polar surface area (TPSA) is 9.23 Å². The zero-order valence-electron chi connectivity index (χ0n) is 13.0. The Morgan fingerprint density at radius 3 is 2.29 bits per heavy atom. The van der Waals surface area contributed by atoms with Gasteiger partial charge in [0.25, 0.3) is 0 Å². The first-order valence-electron chi connectivity index (χ1n) is 7.34. The SMILES string of the molecule is CCO/C=C\C(=C\c1ccccc1C)c1ccccc1C. The fourth-order valence-electron chi connectivity index (χ4n) is 2.25. The van der Waals surface area contributed by atoms with E-state index in [2.05, 4.69) is 68.5 Å². The van der Waals surface area contributed by atoms with E-state index in [1.54, 1.807) is 6.26 Å². The molecule has 21 heavy (non-hydrogen) atoms. The lowest BCUT2D eigenvalue weighted by Crippen LogP contribution is -1.88. The maximum Gasteiger partial charge on any atom is 0.0845 e. The molecule has 1 heteroatoms. The summed E-state index contributed by atoms with van der Waals surface area (Å²) in [6.07, 6.45) is 6.03. The van der Waals surface area contributed by atoms with Crippen LogP contribution in [0.2, 0.25) is 0 Å². The number of aryl methyl sites for hydroxylation is 2. The summed E-state index contributed by atoms with van der Waals surface area (Å²) in [5.41, 5.74) is 6.16. The average Bonchev–Trinajstić information content (AvgIpc) is 2.49. The van der Waals surface area contributed by atoms with Gasteiger partial charge in [-0.2, -0.15) is 0 Å². The summed E-state index contributed by atoms with van der Waals surface area (Å²) in [5, 5.41) is 0. The third-order valence-corrected chi connectivity index (χ3v) is 3.47. The molecule has 0 bridgehead atoms. The van der Waals surface area contributed by atoms with Crippen molar-refractivity contribution in [1.29, 1.82) is 0 Å². The molecule has 0 fully saturated rings. The molecule has 108 valence electrons. The van der Waals surface area contributed by atoms with E-state index < -0.39 is 0 Å². The van der Waals surface area contributed by atoms with E-state index in [1.165, 1.54) is 22.3 Å². The molecule has 0 aliphatic heterocycles. The number of hydrogen-bond donors (Lipinski definition) is 0. The van der Waals surface area contributed by atoms with Crippen molar-refractivity contribution in [2.24, 2.45) is 0 Å². The molecule has 0 saturated carbocycles. The molecule has 2 aromatic carbocycles. The minimum absolute atomic E-state index is 0.682. The van der Waals surface area contributed by atoms with Crippen LogP contribution in [0.3, 0.4) is 0 Å². The Hall–Kier alpha value is -2.28. The van der Waals surface area contributed by atoms with Gasteiger partial charge in [0, 0.05) is 0 Å². The Bertz CT molecular complexity index is 650. The Morgan fingerprint density at radius 1 is 0.952 bits per heavy atom. The zero-order chi connectivity index (χ0) is 15.1. The first-order valence-corrected chi connectivity index (χ1v) is 7.34. The van der Waals surface area contributed by atoms with Crippen LogP contribution in [-0.4, -0.2) is 6.61 Å². The van der Waals surface area contributed by atoms with Gasteiger partial charge in [0.15, 0.2) is 0 Å². The fraction of sp³-hybridized carbons (Fsp3) is 0.200. The van der Waals surface area contributed by atoms with Crippen LogP contribution in [0.4, 0.5) is 0 Å². The van der Waals surface area contributed by atoms with Crippen LogP contribution in [0, 0.1) is 13.8 Å². The number of benzene rings is 2. The summed E-state index contributed by atoms with van der Waals surface area (Å²) in [6, 6.07) is 16.8. The number of allylic oxidation sites excluding steroid dienone is 2. The monoisotopic (exact) mass is 278 g/mol. The average molecular weight is 278 g/mol. The van der Waals surface area contributed by atoms with Gasteiger partial charge in [0.05, 0.1) is 12.9 Å². The van der Waals surface area contributed by atoms with E-state index in [-0.39, 0.29) is 0 Å². The Balaban J connectivity index is 2.46. The van der Waals surface area contributed by atoms with Crippen LogP contribution in [0.15, 0.2) is 60.9 Å². The summed E-state index contributed by atoms with van der Waals surface area (Å²) >= 11 is 0. The molecule has 0 atom stereocenters. The maximum atomic E-state index is 5.37. The molecule has 0 aliphatic carbocycles. The summed E-state index contributed by atoms with van der Waals surface area (Å²) in [4.78, 5) is 0. The molecule has 2 aromatic rings. The van der Waals surface area contributed by atoms with Crippen LogP contribution in [0.1, 0.15) is 29.2 Å². The molecule has 0 aromatic heterocycles. The van der Waals surface area contributed by atoms with Gasteiger partial charge in [-0.3, -0.25) is 0 Å². The lowest BCUT2D eigenvalue weighted by atomic mass is 9.97. The summed E-state index contributed by atoms with van der Waals surface area (Å²) in [6.45, 7) is 6.94. The fourth-order valence-corrected chi connectivity index (χ4v) is 2.25. The largest absolute Gasteiger partial charge is 0.501 e. The van der Waals surface area contributed by atoms with Crippen molar-refractivity contribution in [3.8, 4) is 0 Å². The van der Waals surface area contributed by atoms with Crippen molar-refractivity contribution in [2.45, 2.75) is 20.8 Å². The molecule has 0 spiro atoms. The molecule has 0 amide bonds. The van der Waals surface area contributed by atoms with Gasteiger partial charge in [0.1, 0.15) is 0 Å². The minimum Gasteiger partial charge on any atom is -0.501 e. The molecule has 1 nitrogen and oxygen atoms in total. The van der Waals surface area contributed by atoms with Crippen LogP contribution < -0.4 is 0 Å². The van der Waals surface area contributed by atoms with Crippen molar-refractivity contribution >= 4 is 11.6 Å². The van der Waals surface area contributed by atoms with Gasteiger partial charge < -0.3 is 4.74 Å². The molecule has 2 rings (SSSR count). The maximum absolute atomic E-state index is 5.37. The van der Waals surface area contributed by atoms with Crippen molar-refractivity contribution < 1.29 is 4.74 Å². The van der Waals surface area contributed by atoms with E-state index in [4.69, 9.17) is 4.74 Å². The van der Waals surface area contributed by atoms with Gasteiger partial charge in [-0.1, -0.05) is 48.5 Å². The number of hydrogen-bond acceptors (Lipinski definition) is 1. The summed E-state index contributed by atoms with van der Waals surface area (Å²) < 4.78 is 5.37. The predicted octanol–water partition coefficient (Wildman–Crippen LogP) is 5.39. The Morgan fingerprint density at radius 2 is 1.62 bits per heavy atom. The second kappa shape index (κ2) is 7.49. The molecule has 0 N–H and O–H groups in total. The van der Waals surface area contributed by atoms with Crippen LogP contribution in [-0.2, 0) is 4.74 Å². The molecule has 0 saturated heterocycles. The van der Waals surface area contributed by atoms with Crippen molar-refractivity contribution in [1.82, 2.24) is 0 Å². The van der Waals surface area contributed by atoms with Gasteiger partial charge in [-0.25, -0.2) is 0 Å². The van der Waals surface area contributed by atoms with E-state index >= 15 is 0 Å². The standard InChI is InChI=1S/C20H22O/c1-4-21-14-13-19(20-12-8-6-10-17(20)3)15-18-11-7-5-9-16(18)2/h5-15H,4H2,1-3H3/b14-13-,19-15-. The van der Waals surface area contributed by atoms with Crippen LogP contribution in [0.25, 0.3) is 11.6 Å². The molecular formula is C20H22O. The van der Waals surface area contributed by atoms with E-state index in [0.717, 1.165) is 5.57 Å². The lowest BCUT2D eigenvalue weighted by molar-refractivity contribution is 0.269. The smallest absolute Gasteiger partial charge is 0.0845 e. The number of rotatable bonds is 5. The summed E-state index contributed by atoms with van der Waals surface area (Å²) in [7, 11) is 0. The highest BCUT2D eigenvalue weighted by Crippen LogP contribution is 2.24. The number of ether oxygens (including phenoxy) is 1. The normalized spacial score (nSPS) is 11.9. The van der Waals surface area contributed by atoms with Gasteiger partial charge in [-0.05, 0) is 60.8 Å². The van der Waals surface area contributed by atoms with Gasteiger partial charge in [-0.15, -0.1) is 0 Å². The highest BCUT2D eigenvalue weighted by Gasteiger charge is 2.03. The van der Waals surface area contributed by atoms with E-state index in [9.17, 15) is 0 Å². The van der Waals surface area contributed by atoms with E-state index in [0.29, 0.717) is 6.61 Å². The third-order valence-electron chi connectivity index (χ3n) is 3.47.